The van der Waals surface area contributed by atoms with Crippen molar-refractivity contribution in [2.24, 2.45) is 11.7 Å². The topological polar surface area (TPSA) is 35.2 Å². The van der Waals surface area contributed by atoms with Crippen LogP contribution in [0.4, 0.5) is 0 Å². The number of hydrogen-bond donors (Lipinski definition) is 1. The molecule has 2 rings (SSSR count). The summed E-state index contributed by atoms with van der Waals surface area (Å²) in [6, 6.07) is 8.35. The van der Waals surface area contributed by atoms with Crippen LogP contribution >= 0.6 is 0 Å². The lowest BCUT2D eigenvalue weighted by molar-refractivity contribution is 0.204. The smallest absolute Gasteiger partial charge is 0.120 e. The zero-order chi connectivity index (χ0) is 13.2. The summed E-state index contributed by atoms with van der Waals surface area (Å²) in [5, 5.41) is 0. The predicted octanol–water partition coefficient (Wildman–Crippen LogP) is 3.84. The Kier molecular flexibility index (Phi) is 3.96. The van der Waals surface area contributed by atoms with Crippen LogP contribution in [0.15, 0.2) is 24.3 Å². The first-order valence-electron chi connectivity index (χ1n) is 7.08. The van der Waals surface area contributed by atoms with Crippen molar-refractivity contribution >= 4 is 0 Å². The van der Waals surface area contributed by atoms with Crippen molar-refractivity contribution in [2.45, 2.75) is 58.1 Å². The van der Waals surface area contributed by atoms with Crippen LogP contribution in [-0.4, -0.2) is 6.10 Å². The van der Waals surface area contributed by atoms with E-state index in [9.17, 15) is 0 Å². The molecule has 2 heteroatoms. The molecule has 2 unspecified atom stereocenters. The first kappa shape index (κ1) is 13.4. The summed E-state index contributed by atoms with van der Waals surface area (Å²) in [6.07, 6.45) is 5.06. The van der Waals surface area contributed by atoms with Crippen LogP contribution < -0.4 is 10.5 Å². The first-order chi connectivity index (χ1) is 8.52. The van der Waals surface area contributed by atoms with Crippen molar-refractivity contribution in [1.82, 2.24) is 0 Å². The van der Waals surface area contributed by atoms with E-state index in [4.69, 9.17) is 10.5 Å². The van der Waals surface area contributed by atoms with E-state index in [0.717, 1.165) is 12.2 Å². The highest BCUT2D eigenvalue weighted by Gasteiger charge is 2.35. The van der Waals surface area contributed by atoms with Gasteiger partial charge < -0.3 is 10.5 Å². The van der Waals surface area contributed by atoms with Gasteiger partial charge in [-0.1, -0.05) is 31.9 Å². The maximum absolute atomic E-state index is 6.67. The Hall–Kier alpha value is -1.02. The van der Waals surface area contributed by atoms with Crippen molar-refractivity contribution in [2.75, 3.05) is 0 Å². The lowest BCUT2D eigenvalue weighted by Gasteiger charge is -2.40. The van der Waals surface area contributed by atoms with Crippen LogP contribution in [-0.2, 0) is 5.54 Å². The molecule has 0 aliphatic heterocycles. The van der Waals surface area contributed by atoms with Crippen LogP contribution in [0.3, 0.4) is 0 Å². The summed E-state index contributed by atoms with van der Waals surface area (Å²) in [4.78, 5) is 0. The lowest BCUT2D eigenvalue weighted by atomic mass is 9.70. The zero-order valence-electron chi connectivity index (χ0n) is 11.8. The minimum absolute atomic E-state index is 0.172. The number of benzene rings is 1. The SMILES string of the molecule is CC(C)Oc1cccc(C2(N)CCCCC2C)c1. The Balaban J connectivity index is 2.26. The molecule has 2 nitrogen and oxygen atoms in total. The third-order valence-corrected chi connectivity index (χ3v) is 4.10. The van der Waals surface area contributed by atoms with Crippen molar-refractivity contribution in [3.63, 3.8) is 0 Å². The molecule has 18 heavy (non-hydrogen) atoms. The molecule has 0 spiro atoms. The maximum Gasteiger partial charge on any atom is 0.120 e. The molecule has 0 heterocycles. The number of ether oxygens (including phenoxy) is 1. The van der Waals surface area contributed by atoms with Crippen LogP contribution in [0.5, 0.6) is 5.75 Å². The molecule has 1 fully saturated rings. The molecular formula is C16H25NO. The van der Waals surface area contributed by atoms with Gasteiger partial charge in [-0.3, -0.25) is 0 Å². The molecule has 1 aromatic rings. The average Bonchev–Trinajstić information content (AvgIpc) is 2.32. The highest BCUT2D eigenvalue weighted by molar-refractivity contribution is 5.34. The summed E-state index contributed by atoms with van der Waals surface area (Å²) >= 11 is 0. The second-order valence-corrected chi connectivity index (χ2v) is 5.88. The molecular weight excluding hydrogens is 222 g/mol. The van der Waals surface area contributed by atoms with Crippen molar-refractivity contribution in [1.29, 1.82) is 0 Å². The van der Waals surface area contributed by atoms with Crippen LogP contribution in [0.1, 0.15) is 52.0 Å². The van der Waals surface area contributed by atoms with Gasteiger partial charge in [-0.05, 0) is 50.3 Å². The molecule has 0 radical (unpaired) electrons. The fourth-order valence-corrected chi connectivity index (χ4v) is 2.93. The van der Waals surface area contributed by atoms with E-state index < -0.39 is 0 Å². The van der Waals surface area contributed by atoms with Crippen molar-refractivity contribution in [3.8, 4) is 5.75 Å². The minimum atomic E-state index is -0.172. The van der Waals surface area contributed by atoms with Gasteiger partial charge in [-0.25, -0.2) is 0 Å². The molecule has 1 aromatic carbocycles. The standard InChI is InChI=1S/C16H25NO/c1-12(2)18-15-9-6-8-14(11-15)16(17)10-5-4-7-13(16)3/h6,8-9,11-13H,4-5,7,10,17H2,1-3H3. The zero-order valence-corrected chi connectivity index (χ0v) is 11.8. The van der Waals surface area contributed by atoms with Gasteiger partial charge in [0, 0.05) is 5.54 Å². The lowest BCUT2D eigenvalue weighted by Crippen LogP contribution is -2.45. The summed E-state index contributed by atoms with van der Waals surface area (Å²) < 4.78 is 5.77. The summed E-state index contributed by atoms with van der Waals surface area (Å²) in [7, 11) is 0. The highest BCUT2D eigenvalue weighted by atomic mass is 16.5. The number of hydrogen-bond acceptors (Lipinski definition) is 2. The average molecular weight is 247 g/mol. The Bertz CT molecular complexity index is 402. The third kappa shape index (κ3) is 2.69. The molecule has 0 amide bonds. The molecule has 0 bridgehead atoms. The maximum atomic E-state index is 6.67. The van der Waals surface area contributed by atoms with Gasteiger partial charge in [0.2, 0.25) is 0 Å². The van der Waals surface area contributed by atoms with E-state index in [1.807, 2.05) is 19.9 Å². The monoisotopic (exact) mass is 247 g/mol. The Morgan fingerprint density at radius 2 is 2.11 bits per heavy atom. The van der Waals surface area contributed by atoms with Gasteiger partial charge in [-0.2, -0.15) is 0 Å². The summed E-state index contributed by atoms with van der Waals surface area (Å²) in [5.41, 5.74) is 7.73. The summed E-state index contributed by atoms with van der Waals surface area (Å²) in [5.74, 6) is 1.48. The highest BCUT2D eigenvalue weighted by Crippen LogP contribution is 2.40. The van der Waals surface area contributed by atoms with E-state index in [0.29, 0.717) is 5.92 Å². The minimum Gasteiger partial charge on any atom is -0.491 e. The van der Waals surface area contributed by atoms with E-state index in [1.165, 1.54) is 24.8 Å². The Labute approximate surface area is 111 Å². The molecule has 1 aliphatic carbocycles. The van der Waals surface area contributed by atoms with E-state index >= 15 is 0 Å². The largest absolute Gasteiger partial charge is 0.491 e. The van der Waals surface area contributed by atoms with Gasteiger partial charge in [0.15, 0.2) is 0 Å². The predicted molar refractivity (Wildman–Crippen MR) is 75.7 cm³/mol. The molecule has 1 saturated carbocycles. The van der Waals surface area contributed by atoms with Crippen molar-refractivity contribution < 1.29 is 4.74 Å². The Morgan fingerprint density at radius 1 is 1.33 bits per heavy atom. The normalized spacial score (nSPS) is 28.4. The third-order valence-electron chi connectivity index (χ3n) is 4.10. The van der Waals surface area contributed by atoms with Crippen LogP contribution in [0.2, 0.25) is 0 Å². The second kappa shape index (κ2) is 5.31. The second-order valence-electron chi connectivity index (χ2n) is 5.88. The van der Waals surface area contributed by atoms with E-state index in [-0.39, 0.29) is 11.6 Å². The first-order valence-corrected chi connectivity index (χ1v) is 7.08. The van der Waals surface area contributed by atoms with Gasteiger partial charge in [0.05, 0.1) is 6.10 Å². The number of nitrogens with two attached hydrogens (primary N) is 1. The van der Waals surface area contributed by atoms with Gasteiger partial charge in [0.1, 0.15) is 5.75 Å². The molecule has 0 saturated heterocycles. The molecule has 2 N–H and O–H groups in total. The molecule has 100 valence electrons. The van der Waals surface area contributed by atoms with E-state index in [2.05, 4.69) is 25.1 Å². The van der Waals surface area contributed by atoms with E-state index in [1.54, 1.807) is 0 Å². The molecule has 1 aliphatic rings. The van der Waals surface area contributed by atoms with Crippen LogP contribution in [0, 0.1) is 5.92 Å². The van der Waals surface area contributed by atoms with Gasteiger partial charge in [0.25, 0.3) is 0 Å². The molecule has 2 atom stereocenters. The van der Waals surface area contributed by atoms with Crippen LogP contribution in [0.25, 0.3) is 0 Å². The fourth-order valence-electron chi connectivity index (χ4n) is 2.93. The Morgan fingerprint density at radius 3 is 2.78 bits per heavy atom. The summed E-state index contributed by atoms with van der Waals surface area (Å²) in [6.45, 7) is 6.37. The van der Waals surface area contributed by atoms with Gasteiger partial charge in [-0.15, -0.1) is 0 Å². The number of rotatable bonds is 3. The van der Waals surface area contributed by atoms with Gasteiger partial charge >= 0.3 is 0 Å². The quantitative estimate of drug-likeness (QED) is 0.880. The van der Waals surface area contributed by atoms with Crippen molar-refractivity contribution in [3.05, 3.63) is 29.8 Å². The molecule has 0 aromatic heterocycles. The fraction of sp³-hybridized carbons (Fsp3) is 0.625.